The maximum Gasteiger partial charge on any atom is 0.408 e. The molecule has 0 radical (unpaired) electrons. The van der Waals surface area contributed by atoms with Gasteiger partial charge in [0.05, 0.1) is 11.4 Å². The van der Waals surface area contributed by atoms with Crippen LogP contribution in [-0.4, -0.2) is 57.8 Å². The van der Waals surface area contributed by atoms with E-state index in [0.717, 1.165) is 48.3 Å². The average Bonchev–Trinajstić information content (AvgIpc) is 2.91. The molecule has 3 heterocycles. The molecule has 1 aliphatic rings. The predicted octanol–water partition coefficient (Wildman–Crippen LogP) is 2.69. The van der Waals surface area contributed by atoms with E-state index >= 15 is 0 Å². The van der Waals surface area contributed by atoms with Crippen LogP contribution in [0.25, 0.3) is 11.3 Å². The Morgan fingerprint density at radius 3 is 2.65 bits per heavy atom. The first-order valence-electron chi connectivity index (χ1n) is 12.2. The zero-order chi connectivity index (χ0) is 26.2. The lowest BCUT2D eigenvalue weighted by atomic mass is 9.89. The molecular weight excluding hydrogens is 474 g/mol. The van der Waals surface area contributed by atoms with E-state index in [4.69, 9.17) is 10.5 Å². The van der Waals surface area contributed by atoms with Crippen molar-refractivity contribution in [2.75, 3.05) is 30.7 Å². The molecule has 4 rings (SSSR count). The summed E-state index contributed by atoms with van der Waals surface area (Å²) in [5.74, 6) is -0.0271. The fraction of sp³-hybridized carbons (Fsp3) is 0.346. The molecule has 1 aliphatic heterocycles. The number of benzene rings is 1. The lowest BCUT2D eigenvalue weighted by Gasteiger charge is -2.25. The summed E-state index contributed by atoms with van der Waals surface area (Å²) < 4.78 is 5.15. The van der Waals surface area contributed by atoms with E-state index in [1.165, 1.54) is 6.33 Å². The summed E-state index contributed by atoms with van der Waals surface area (Å²) in [6.07, 6.45) is 2.50. The number of carbonyl (C=O) groups excluding carboxylic acids is 1. The number of ether oxygens (including phenoxy) is 1. The van der Waals surface area contributed by atoms with Gasteiger partial charge < -0.3 is 31.5 Å². The summed E-state index contributed by atoms with van der Waals surface area (Å²) in [4.78, 5) is 37.4. The highest BCUT2D eigenvalue weighted by Gasteiger charge is 2.24. The molecule has 37 heavy (non-hydrogen) atoms. The molecule has 6 N–H and O–H groups in total. The summed E-state index contributed by atoms with van der Waals surface area (Å²) in [6.45, 7) is 3.61. The Kier molecular flexibility index (Phi) is 8.47. The molecule has 2 aromatic heterocycles. The fourth-order valence-corrected chi connectivity index (χ4v) is 4.30. The van der Waals surface area contributed by atoms with Crippen LogP contribution in [0.5, 0.6) is 0 Å². The normalized spacial score (nSPS) is 14.5. The van der Waals surface area contributed by atoms with Crippen molar-refractivity contribution in [3.63, 3.8) is 0 Å². The number of nitrogens with one attached hydrogen (secondary N) is 3. The highest BCUT2D eigenvalue weighted by Crippen LogP contribution is 2.34. The number of pyridine rings is 1. The SMILES string of the molecule is Cc1c(NCC(NC(=O)OCc2ccccc2)C(=O)O)ncnc1-c1ccc(N)nc1C1CCNCC1. The molecule has 1 aromatic carbocycles. The van der Waals surface area contributed by atoms with Crippen molar-refractivity contribution >= 4 is 23.7 Å². The number of carbonyl (C=O) groups is 2. The minimum absolute atomic E-state index is 0.0375. The van der Waals surface area contributed by atoms with Gasteiger partial charge >= 0.3 is 12.1 Å². The number of alkyl carbamates (subject to hydrolysis) is 1. The van der Waals surface area contributed by atoms with Gasteiger partial charge in [-0.25, -0.2) is 24.5 Å². The van der Waals surface area contributed by atoms with Crippen molar-refractivity contribution in [2.45, 2.75) is 38.3 Å². The fourth-order valence-electron chi connectivity index (χ4n) is 4.30. The maximum atomic E-state index is 12.2. The van der Waals surface area contributed by atoms with Gasteiger partial charge in [-0.1, -0.05) is 30.3 Å². The number of hydrogen-bond acceptors (Lipinski definition) is 9. The van der Waals surface area contributed by atoms with E-state index < -0.39 is 18.1 Å². The molecule has 1 unspecified atom stereocenters. The van der Waals surface area contributed by atoms with Crippen LogP contribution in [0.15, 0.2) is 48.8 Å². The number of anilines is 2. The summed E-state index contributed by atoms with van der Waals surface area (Å²) in [5, 5.41) is 18.4. The number of nitrogens with two attached hydrogens (primary N) is 1. The third-order valence-corrected chi connectivity index (χ3v) is 6.29. The predicted molar refractivity (Wildman–Crippen MR) is 139 cm³/mol. The number of piperidine rings is 1. The number of carboxylic acid groups (broad SMARTS) is 1. The maximum absolute atomic E-state index is 12.2. The van der Waals surface area contributed by atoms with E-state index in [1.54, 1.807) is 6.07 Å². The van der Waals surface area contributed by atoms with Gasteiger partial charge in [0.15, 0.2) is 0 Å². The van der Waals surface area contributed by atoms with Crippen LogP contribution in [0.2, 0.25) is 0 Å². The van der Waals surface area contributed by atoms with Crippen LogP contribution in [0.1, 0.15) is 35.6 Å². The monoisotopic (exact) mass is 505 g/mol. The third kappa shape index (κ3) is 6.70. The van der Waals surface area contributed by atoms with Gasteiger partial charge in [-0.2, -0.15) is 0 Å². The lowest BCUT2D eigenvalue weighted by Crippen LogP contribution is -2.45. The number of amides is 1. The van der Waals surface area contributed by atoms with Crippen LogP contribution < -0.4 is 21.7 Å². The first-order chi connectivity index (χ1) is 17.9. The molecule has 0 aliphatic carbocycles. The van der Waals surface area contributed by atoms with Crippen LogP contribution in [0.4, 0.5) is 16.4 Å². The third-order valence-electron chi connectivity index (χ3n) is 6.29. The van der Waals surface area contributed by atoms with Crippen molar-refractivity contribution < 1.29 is 19.4 Å². The first kappa shape index (κ1) is 25.8. The Hall–Kier alpha value is -4.25. The number of aliphatic carboxylic acids is 1. The second-order valence-electron chi connectivity index (χ2n) is 8.87. The van der Waals surface area contributed by atoms with Crippen molar-refractivity contribution in [2.24, 2.45) is 0 Å². The molecule has 0 bridgehead atoms. The lowest BCUT2D eigenvalue weighted by molar-refractivity contribution is -0.139. The van der Waals surface area contributed by atoms with Gasteiger partial charge in [0.2, 0.25) is 0 Å². The number of rotatable bonds is 9. The summed E-state index contributed by atoms with van der Waals surface area (Å²) in [6, 6.07) is 11.6. The Morgan fingerprint density at radius 1 is 1.16 bits per heavy atom. The zero-order valence-corrected chi connectivity index (χ0v) is 20.6. The number of nitrogens with zero attached hydrogens (tertiary/aromatic N) is 3. The molecule has 0 spiro atoms. The highest BCUT2D eigenvalue weighted by atomic mass is 16.5. The van der Waals surface area contributed by atoms with Gasteiger partial charge in [0.25, 0.3) is 0 Å². The van der Waals surface area contributed by atoms with Crippen molar-refractivity contribution in [3.8, 4) is 11.3 Å². The van der Waals surface area contributed by atoms with Crippen LogP contribution in [0, 0.1) is 6.92 Å². The Morgan fingerprint density at radius 2 is 1.92 bits per heavy atom. The molecular formula is C26H31N7O4. The standard InChI is InChI=1S/C26H31N7O4/c1-16-22(19-7-8-21(27)33-23(19)18-9-11-28-12-10-18)30-15-31-24(16)29-13-20(25(34)35)32-26(36)37-14-17-5-3-2-4-6-17/h2-8,15,18,20,28H,9-14H2,1H3,(H2,27,33)(H,32,36)(H,34,35)(H,29,30,31). The Balaban J connectivity index is 1.46. The summed E-state index contributed by atoms with van der Waals surface area (Å²) in [7, 11) is 0. The van der Waals surface area contributed by atoms with E-state index in [-0.39, 0.29) is 19.1 Å². The molecule has 194 valence electrons. The van der Waals surface area contributed by atoms with Crippen molar-refractivity contribution in [1.82, 2.24) is 25.6 Å². The minimum atomic E-state index is -1.23. The second kappa shape index (κ2) is 12.1. The largest absolute Gasteiger partial charge is 0.480 e. The molecule has 3 aromatic rings. The van der Waals surface area contributed by atoms with Gasteiger partial charge in [-0.05, 0) is 50.6 Å². The summed E-state index contributed by atoms with van der Waals surface area (Å²) in [5.41, 5.74) is 10.0. The molecule has 11 nitrogen and oxygen atoms in total. The molecule has 0 saturated carbocycles. The van der Waals surface area contributed by atoms with E-state index in [9.17, 15) is 14.7 Å². The molecule has 1 fully saturated rings. The van der Waals surface area contributed by atoms with Gasteiger partial charge in [-0.15, -0.1) is 0 Å². The number of aromatic nitrogens is 3. The molecule has 1 amide bonds. The van der Waals surface area contributed by atoms with Crippen molar-refractivity contribution in [3.05, 3.63) is 65.6 Å². The number of carboxylic acids is 1. The number of nitrogen functional groups attached to an aromatic ring is 1. The minimum Gasteiger partial charge on any atom is -0.480 e. The topological polar surface area (TPSA) is 164 Å². The average molecular weight is 506 g/mol. The van der Waals surface area contributed by atoms with E-state index in [2.05, 4.69) is 30.9 Å². The van der Waals surface area contributed by atoms with Crippen LogP contribution in [0.3, 0.4) is 0 Å². The quantitative estimate of drug-likeness (QED) is 0.292. The second-order valence-corrected chi connectivity index (χ2v) is 8.87. The highest BCUT2D eigenvalue weighted by molar-refractivity contribution is 5.80. The van der Waals surface area contributed by atoms with Crippen molar-refractivity contribution in [1.29, 1.82) is 0 Å². The van der Waals surface area contributed by atoms with E-state index in [1.807, 2.05) is 43.3 Å². The summed E-state index contributed by atoms with van der Waals surface area (Å²) >= 11 is 0. The van der Waals surface area contributed by atoms with Gasteiger partial charge in [0, 0.05) is 23.6 Å². The zero-order valence-electron chi connectivity index (χ0n) is 20.6. The Bertz CT molecular complexity index is 1230. The smallest absolute Gasteiger partial charge is 0.408 e. The van der Waals surface area contributed by atoms with Gasteiger partial charge in [-0.3, -0.25) is 0 Å². The van der Waals surface area contributed by atoms with Crippen LogP contribution >= 0.6 is 0 Å². The first-order valence-corrected chi connectivity index (χ1v) is 12.2. The molecule has 1 saturated heterocycles. The van der Waals surface area contributed by atoms with Gasteiger partial charge in [0.1, 0.15) is 30.6 Å². The number of hydrogen-bond donors (Lipinski definition) is 5. The molecule has 11 heteroatoms. The molecule has 1 atom stereocenters. The van der Waals surface area contributed by atoms with E-state index in [0.29, 0.717) is 17.3 Å². The van der Waals surface area contributed by atoms with Crippen LogP contribution in [-0.2, 0) is 16.1 Å². The Labute approximate surface area is 214 Å².